The van der Waals surface area contributed by atoms with Gasteiger partial charge in [0, 0.05) is 24.3 Å². The molecule has 0 atom stereocenters. The van der Waals surface area contributed by atoms with Gasteiger partial charge in [0.1, 0.15) is 24.6 Å². The number of hydrogen-bond donors (Lipinski definition) is 0. The first-order valence-corrected chi connectivity index (χ1v) is 9.11. The van der Waals surface area contributed by atoms with Crippen LogP contribution in [0.5, 0.6) is 0 Å². The average molecular weight is 437 g/mol. The number of pyridine rings is 1. The lowest BCUT2D eigenvalue weighted by Crippen LogP contribution is -2.13. The molecule has 0 unspecified atom stereocenters. The van der Waals surface area contributed by atoms with Crippen molar-refractivity contribution in [2.24, 2.45) is 0 Å². The van der Waals surface area contributed by atoms with Gasteiger partial charge in [0.05, 0.1) is 9.85 Å². The Bertz CT molecular complexity index is 1110. The van der Waals surface area contributed by atoms with Gasteiger partial charge in [-0.05, 0) is 23.3 Å². The van der Waals surface area contributed by atoms with E-state index in [2.05, 4.69) is 4.98 Å². The highest BCUT2D eigenvalue weighted by molar-refractivity contribution is 5.91. The monoisotopic (exact) mass is 437 g/mol. The van der Waals surface area contributed by atoms with Crippen LogP contribution in [-0.4, -0.2) is 26.8 Å². The summed E-state index contributed by atoms with van der Waals surface area (Å²) in [5, 5.41) is 21.6. The standard InChI is InChI=1S/C21H15N3O8/c25-20(31-12-14-4-1-6-16(10-14)23(27)28)18-8-3-9-19(22-18)21(26)32-13-15-5-2-7-17(11-15)24(29)30/h1-11H,12-13H2. The third-order valence-electron chi connectivity index (χ3n) is 4.15. The van der Waals surface area contributed by atoms with Crippen LogP contribution < -0.4 is 0 Å². The maximum atomic E-state index is 12.3. The van der Waals surface area contributed by atoms with Crippen LogP contribution in [0.1, 0.15) is 32.1 Å². The number of aromatic nitrogens is 1. The minimum atomic E-state index is -0.829. The number of nitro groups is 2. The molecular weight excluding hydrogens is 422 g/mol. The van der Waals surface area contributed by atoms with Gasteiger partial charge >= 0.3 is 11.9 Å². The Morgan fingerprint density at radius 1 is 0.719 bits per heavy atom. The van der Waals surface area contributed by atoms with Crippen molar-refractivity contribution in [3.63, 3.8) is 0 Å². The molecule has 0 aliphatic carbocycles. The molecule has 1 aromatic heterocycles. The molecule has 0 radical (unpaired) electrons. The van der Waals surface area contributed by atoms with Gasteiger partial charge in [-0.1, -0.05) is 30.3 Å². The minimum Gasteiger partial charge on any atom is -0.456 e. The lowest BCUT2D eigenvalue weighted by molar-refractivity contribution is -0.385. The van der Waals surface area contributed by atoms with E-state index in [-0.39, 0.29) is 36.0 Å². The van der Waals surface area contributed by atoms with Crippen LogP contribution in [0.15, 0.2) is 66.7 Å². The number of esters is 2. The highest BCUT2D eigenvalue weighted by Crippen LogP contribution is 2.16. The number of benzene rings is 2. The lowest BCUT2D eigenvalue weighted by Gasteiger charge is -2.07. The lowest BCUT2D eigenvalue weighted by atomic mass is 10.2. The van der Waals surface area contributed by atoms with Gasteiger partial charge < -0.3 is 9.47 Å². The minimum absolute atomic E-state index is 0.134. The molecule has 162 valence electrons. The van der Waals surface area contributed by atoms with Crippen molar-refractivity contribution in [1.82, 2.24) is 4.98 Å². The predicted octanol–water partition coefficient (Wildman–Crippen LogP) is 3.61. The number of carbonyl (C=O) groups excluding carboxylic acids is 2. The molecule has 11 heteroatoms. The Morgan fingerprint density at radius 3 is 1.53 bits per heavy atom. The Morgan fingerprint density at radius 2 is 1.12 bits per heavy atom. The molecular formula is C21H15N3O8. The summed E-state index contributed by atoms with van der Waals surface area (Å²) in [4.78, 5) is 49.0. The second-order valence-corrected chi connectivity index (χ2v) is 6.41. The van der Waals surface area contributed by atoms with Crippen LogP contribution in [0.3, 0.4) is 0 Å². The van der Waals surface area contributed by atoms with Crippen molar-refractivity contribution in [2.45, 2.75) is 13.2 Å². The molecule has 0 aliphatic heterocycles. The summed E-state index contributed by atoms with van der Waals surface area (Å²) >= 11 is 0. The molecule has 0 amide bonds. The Labute approximate surface area is 180 Å². The average Bonchev–Trinajstić information content (AvgIpc) is 2.81. The first-order valence-electron chi connectivity index (χ1n) is 9.11. The largest absolute Gasteiger partial charge is 0.456 e. The highest BCUT2D eigenvalue weighted by atomic mass is 16.6. The van der Waals surface area contributed by atoms with E-state index >= 15 is 0 Å². The van der Waals surface area contributed by atoms with Gasteiger partial charge in [-0.15, -0.1) is 0 Å². The first kappa shape index (κ1) is 22.0. The van der Waals surface area contributed by atoms with E-state index in [9.17, 15) is 29.8 Å². The predicted molar refractivity (Wildman–Crippen MR) is 109 cm³/mol. The molecule has 1 heterocycles. The van der Waals surface area contributed by atoms with Gasteiger partial charge in [-0.3, -0.25) is 20.2 Å². The maximum Gasteiger partial charge on any atom is 0.357 e. The molecule has 11 nitrogen and oxygen atoms in total. The summed E-state index contributed by atoms with van der Waals surface area (Å²) in [7, 11) is 0. The number of nitrogens with zero attached hydrogens (tertiary/aromatic N) is 3. The van der Waals surface area contributed by atoms with E-state index in [0.717, 1.165) is 0 Å². The SMILES string of the molecule is O=C(OCc1cccc([N+](=O)[O-])c1)c1cccc(C(=O)OCc2cccc([N+](=O)[O-])c2)n1. The Balaban J connectivity index is 1.61. The van der Waals surface area contributed by atoms with Crippen molar-refractivity contribution in [3.8, 4) is 0 Å². The fraction of sp³-hybridized carbons (Fsp3) is 0.0952. The topological polar surface area (TPSA) is 152 Å². The van der Waals surface area contributed by atoms with Crippen molar-refractivity contribution in [2.75, 3.05) is 0 Å². The molecule has 3 aromatic rings. The van der Waals surface area contributed by atoms with Gasteiger partial charge in [0.25, 0.3) is 11.4 Å². The molecule has 0 fully saturated rings. The number of carbonyl (C=O) groups is 2. The van der Waals surface area contributed by atoms with E-state index in [0.29, 0.717) is 11.1 Å². The summed E-state index contributed by atoms with van der Waals surface area (Å²) in [6, 6.07) is 15.4. The molecule has 2 aromatic carbocycles. The number of non-ortho nitro benzene ring substituents is 2. The molecule has 32 heavy (non-hydrogen) atoms. The molecule has 0 saturated heterocycles. The zero-order chi connectivity index (χ0) is 23.1. The van der Waals surface area contributed by atoms with Crippen molar-refractivity contribution < 1.29 is 28.9 Å². The van der Waals surface area contributed by atoms with E-state index in [4.69, 9.17) is 9.47 Å². The molecule has 0 spiro atoms. The summed E-state index contributed by atoms with van der Waals surface area (Å²) in [5.41, 5.74) is 0.260. The van der Waals surface area contributed by atoms with Crippen LogP contribution in [-0.2, 0) is 22.7 Å². The van der Waals surface area contributed by atoms with Crippen LogP contribution in [0.2, 0.25) is 0 Å². The molecule has 3 rings (SSSR count). The van der Waals surface area contributed by atoms with Crippen molar-refractivity contribution >= 4 is 23.3 Å². The van der Waals surface area contributed by atoms with Crippen LogP contribution in [0.25, 0.3) is 0 Å². The molecule has 0 bridgehead atoms. The first-order chi connectivity index (χ1) is 15.3. The third kappa shape index (κ3) is 5.69. The van der Waals surface area contributed by atoms with E-state index in [1.165, 1.54) is 54.6 Å². The molecule has 0 N–H and O–H groups in total. The molecule has 0 saturated carbocycles. The van der Waals surface area contributed by atoms with Crippen LogP contribution in [0, 0.1) is 20.2 Å². The number of nitro benzene ring substituents is 2. The van der Waals surface area contributed by atoms with Gasteiger partial charge in [0.2, 0.25) is 0 Å². The number of ether oxygens (including phenoxy) is 2. The smallest absolute Gasteiger partial charge is 0.357 e. The van der Waals surface area contributed by atoms with Crippen LogP contribution >= 0.6 is 0 Å². The second kappa shape index (κ2) is 9.89. The van der Waals surface area contributed by atoms with Crippen molar-refractivity contribution in [1.29, 1.82) is 0 Å². The van der Waals surface area contributed by atoms with E-state index in [1.807, 2.05) is 0 Å². The summed E-state index contributed by atoms with van der Waals surface area (Å²) in [6.45, 7) is -0.437. The van der Waals surface area contributed by atoms with Gasteiger partial charge in [-0.25, -0.2) is 14.6 Å². The maximum absolute atomic E-state index is 12.3. The quantitative estimate of drug-likeness (QED) is 0.292. The summed E-state index contributed by atoms with van der Waals surface area (Å²) < 4.78 is 10.2. The zero-order valence-corrected chi connectivity index (χ0v) is 16.4. The fourth-order valence-corrected chi connectivity index (χ4v) is 2.63. The van der Waals surface area contributed by atoms with E-state index in [1.54, 1.807) is 12.1 Å². The third-order valence-corrected chi connectivity index (χ3v) is 4.15. The fourth-order valence-electron chi connectivity index (χ4n) is 2.63. The van der Waals surface area contributed by atoms with Crippen LogP contribution in [0.4, 0.5) is 11.4 Å². The normalized spacial score (nSPS) is 10.2. The summed E-state index contributed by atoms with van der Waals surface area (Å²) in [5.74, 6) is -1.66. The molecule has 0 aliphatic rings. The van der Waals surface area contributed by atoms with E-state index < -0.39 is 21.8 Å². The Hall–Kier alpha value is -4.67. The Kier molecular flexibility index (Phi) is 6.81. The van der Waals surface area contributed by atoms with Gasteiger partial charge in [0.15, 0.2) is 0 Å². The van der Waals surface area contributed by atoms with Crippen molar-refractivity contribution in [3.05, 3.63) is 109 Å². The second-order valence-electron chi connectivity index (χ2n) is 6.41. The number of rotatable bonds is 8. The highest BCUT2D eigenvalue weighted by Gasteiger charge is 2.16. The number of hydrogen-bond acceptors (Lipinski definition) is 9. The van der Waals surface area contributed by atoms with Gasteiger partial charge in [-0.2, -0.15) is 0 Å². The summed E-state index contributed by atoms with van der Waals surface area (Å²) in [6.07, 6.45) is 0. The zero-order valence-electron chi connectivity index (χ0n) is 16.4.